The summed E-state index contributed by atoms with van der Waals surface area (Å²) in [7, 11) is 0. The Morgan fingerprint density at radius 1 is 1.29 bits per heavy atom. The quantitative estimate of drug-likeness (QED) is 0.738. The average Bonchev–Trinajstić information content (AvgIpc) is 2.47. The van der Waals surface area contributed by atoms with E-state index in [9.17, 15) is 0 Å². The lowest BCUT2D eigenvalue weighted by Crippen LogP contribution is -1.93. The first kappa shape index (κ1) is 9.32. The van der Waals surface area contributed by atoms with Crippen LogP contribution in [0.1, 0.15) is 25.1 Å². The van der Waals surface area contributed by atoms with Gasteiger partial charge in [0.1, 0.15) is 0 Å². The highest BCUT2D eigenvalue weighted by Gasteiger charge is 2.03. The zero-order chi connectivity index (χ0) is 10.1. The van der Waals surface area contributed by atoms with Crippen molar-refractivity contribution in [1.29, 1.82) is 0 Å². The molecule has 1 aromatic carbocycles. The van der Waals surface area contributed by atoms with E-state index < -0.39 is 0 Å². The van der Waals surface area contributed by atoms with Gasteiger partial charge in [0.05, 0.1) is 0 Å². The zero-order valence-electron chi connectivity index (χ0n) is 9.09. The van der Waals surface area contributed by atoms with Crippen LogP contribution in [0, 0.1) is 12.8 Å². The molecule has 0 saturated heterocycles. The number of aromatic nitrogens is 1. The standard InChI is InChI=1S/C13H17N/c1-9(2)7-11-8-12-10(3)5-4-6-13(12)14-11/h4-6,8-9,14H,7H2,1-3H3. The van der Waals surface area contributed by atoms with E-state index in [4.69, 9.17) is 0 Å². The predicted molar refractivity (Wildman–Crippen MR) is 61.6 cm³/mol. The predicted octanol–water partition coefficient (Wildman–Crippen LogP) is 3.67. The first-order valence-electron chi connectivity index (χ1n) is 5.24. The number of nitrogens with one attached hydrogen (secondary N) is 1. The topological polar surface area (TPSA) is 15.8 Å². The third-order valence-corrected chi connectivity index (χ3v) is 2.57. The Balaban J connectivity index is 2.46. The van der Waals surface area contributed by atoms with Crippen molar-refractivity contribution in [3.05, 3.63) is 35.5 Å². The summed E-state index contributed by atoms with van der Waals surface area (Å²) < 4.78 is 0. The molecular weight excluding hydrogens is 170 g/mol. The monoisotopic (exact) mass is 187 g/mol. The van der Waals surface area contributed by atoms with E-state index >= 15 is 0 Å². The SMILES string of the molecule is Cc1cccc2[nH]c(CC(C)C)cc12. The second kappa shape index (κ2) is 3.49. The molecule has 74 valence electrons. The number of aryl methyl sites for hydroxylation is 1. The molecule has 0 fully saturated rings. The van der Waals surface area contributed by atoms with Crippen LogP contribution < -0.4 is 0 Å². The second-order valence-electron chi connectivity index (χ2n) is 4.43. The fourth-order valence-corrected chi connectivity index (χ4v) is 1.91. The molecule has 0 atom stereocenters. The van der Waals surface area contributed by atoms with E-state index in [1.54, 1.807) is 0 Å². The number of aromatic amines is 1. The van der Waals surface area contributed by atoms with Crippen molar-refractivity contribution in [2.75, 3.05) is 0 Å². The average molecular weight is 187 g/mol. The minimum atomic E-state index is 0.711. The molecule has 0 spiro atoms. The van der Waals surface area contributed by atoms with Crippen molar-refractivity contribution in [2.45, 2.75) is 27.2 Å². The van der Waals surface area contributed by atoms with E-state index in [0.717, 1.165) is 6.42 Å². The molecule has 1 N–H and O–H groups in total. The second-order valence-corrected chi connectivity index (χ2v) is 4.43. The summed E-state index contributed by atoms with van der Waals surface area (Å²) >= 11 is 0. The first-order chi connectivity index (χ1) is 6.66. The number of benzene rings is 1. The molecule has 14 heavy (non-hydrogen) atoms. The molecule has 1 heterocycles. The van der Waals surface area contributed by atoms with E-state index in [0.29, 0.717) is 5.92 Å². The summed E-state index contributed by atoms with van der Waals surface area (Å²) in [5.41, 5.74) is 3.97. The molecule has 0 saturated carbocycles. The smallest absolute Gasteiger partial charge is 0.0458 e. The summed E-state index contributed by atoms with van der Waals surface area (Å²) in [4.78, 5) is 3.47. The van der Waals surface area contributed by atoms with Gasteiger partial charge in [-0.1, -0.05) is 26.0 Å². The highest BCUT2D eigenvalue weighted by Crippen LogP contribution is 2.20. The third-order valence-electron chi connectivity index (χ3n) is 2.57. The van der Waals surface area contributed by atoms with E-state index in [-0.39, 0.29) is 0 Å². The molecule has 0 radical (unpaired) electrons. The fourth-order valence-electron chi connectivity index (χ4n) is 1.91. The molecule has 0 amide bonds. The van der Waals surface area contributed by atoms with Crippen LogP contribution in [-0.4, -0.2) is 4.98 Å². The van der Waals surface area contributed by atoms with Crippen LogP contribution >= 0.6 is 0 Å². The Labute approximate surface area is 85.1 Å². The van der Waals surface area contributed by atoms with Crippen molar-refractivity contribution in [3.8, 4) is 0 Å². The van der Waals surface area contributed by atoms with Gasteiger partial charge in [-0.3, -0.25) is 0 Å². The molecule has 1 aromatic heterocycles. The molecule has 2 rings (SSSR count). The van der Waals surface area contributed by atoms with Gasteiger partial charge >= 0.3 is 0 Å². The third kappa shape index (κ3) is 1.67. The van der Waals surface area contributed by atoms with Gasteiger partial charge in [0.15, 0.2) is 0 Å². The number of hydrogen-bond acceptors (Lipinski definition) is 0. The van der Waals surface area contributed by atoms with Gasteiger partial charge < -0.3 is 4.98 Å². The Morgan fingerprint density at radius 3 is 2.71 bits per heavy atom. The van der Waals surface area contributed by atoms with Crippen molar-refractivity contribution in [1.82, 2.24) is 4.98 Å². The zero-order valence-corrected chi connectivity index (χ0v) is 9.09. The van der Waals surface area contributed by atoms with E-state index in [2.05, 4.69) is 50.0 Å². The van der Waals surface area contributed by atoms with Crippen LogP contribution in [-0.2, 0) is 6.42 Å². The number of H-pyrrole nitrogens is 1. The van der Waals surface area contributed by atoms with Crippen molar-refractivity contribution >= 4 is 10.9 Å². The van der Waals surface area contributed by atoms with E-state index in [1.165, 1.54) is 22.2 Å². The Hall–Kier alpha value is -1.24. The molecule has 0 aliphatic carbocycles. The number of hydrogen-bond donors (Lipinski definition) is 1. The summed E-state index contributed by atoms with van der Waals surface area (Å²) in [6.07, 6.45) is 1.13. The highest BCUT2D eigenvalue weighted by molar-refractivity contribution is 5.83. The van der Waals surface area contributed by atoms with Crippen LogP contribution in [0.4, 0.5) is 0 Å². The molecule has 0 bridgehead atoms. The Morgan fingerprint density at radius 2 is 2.07 bits per heavy atom. The summed E-state index contributed by atoms with van der Waals surface area (Å²) in [6.45, 7) is 6.66. The normalized spacial score (nSPS) is 11.4. The van der Waals surface area contributed by atoms with Gasteiger partial charge in [0, 0.05) is 16.6 Å². The fraction of sp³-hybridized carbons (Fsp3) is 0.385. The molecule has 2 aromatic rings. The molecule has 0 unspecified atom stereocenters. The molecule has 0 aliphatic rings. The van der Waals surface area contributed by atoms with E-state index in [1.807, 2.05) is 0 Å². The molecular formula is C13H17N. The number of rotatable bonds is 2. The Bertz CT molecular complexity index is 437. The lowest BCUT2D eigenvalue weighted by molar-refractivity contribution is 0.638. The van der Waals surface area contributed by atoms with Crippen molar-refractivity contribution in [2.24, 2.45) is 5.92 Å². The summed E-state index contributed by atoms with van der Waals surface area (Å²) in [5, 5.41) is 1.36. The lowest BCUT2D eigenvalue weighted by Gasteiger charge is -1.99. The van der Waals surface area contributed by atoms with Crippen LogP contribution in [0.5, 0.6) is 0 Å². The minimum Gasteiger partial charge on any atom is -0.358 e. The van der Waals surface area contributed by atoms with Gasteiger partial charge in [-0.15, -0.1) is 0 Å². The maximum Gasteiger partial charge on any atom is 0.0458 e. The van der Waals surface area contributed by atoms with Gasteiger partial charge in [-0.2, -0.15) is 0 Å². The largest absolute Gasteiger partial charge is 0.358 e. The summed E-state index contributed by atoms with van der Waals surface area (Å²) in [6, 6.07) is 8.69. The van der Waals surface area contributed by atoms with Crippen LogP contribution in [0.2, 0.25) is 0 Å². The first-order valence-corrected chi connectivity index (χ1v) is 5.24. The molecule has 1 heteroatoms. The maximum absolute atomic E-state index is 3.47. The number of fused-ring (bicyclic) bond motifs is 1. The van der Waals surface area contributed by atoms with Crippen molar-refractivity contribution < 1.29 is 0 Å². The van der Waals surface area contributed by atoms with Gasteiger partial charge in [-0.25, -0.2) is 0 Å². The van der Waals surface area contributed by atoms with Crippen LogP contribution in [0.3, 0.4) is 0 Å². The highest BCUT2D eigenvalue weighted by atomic mass is 14.7. The van der Waals surface area contributed by atoms with Gasteiger partial charge in [0.2, 0.25) is 0 Å². The van der Waals surface area contributed by atoms with Crippen LogP contribution in [0.25, 0.3) is 10.9 Å². The van der Waals surface area contributed by atoms with Gasteiger partial charge in [0.25, 0.3) is 0 Å². The molecule has 1 nitrogen and oxygen atoms in total. The Kier molecular flexibility index (Phi) is 2.32. The minimum absolute atomic E-state index is 0.711. The summed E-state index contributed by atoms with van der Waals surface area (Å²) in [5.74, 6) is 0.711. The van der Waals surface area contributed by atoms with Crippen LogP contribution in [0.15, 0.2) is 24.3 Å². The lowest BCUT2D eigenvalue weighted by atomic mass is 10.1. The maximum atomic E-state index is 3.47. The molecule has 0 aliphatic heterocycles. The van der Waals surface area contributed by atoms with Gasteiger partial charge in [-0.05, 0) is 37.0 Å². The van der Waals surface area contributed by atoms with Crippen molar-refractivity contribution in [3.63, 3.8) is 0 Å².